The topological polar surface area (TPSA) is 96.6 Å². The molecule has 0 saturated heterocycles. The molecule has 1 amide bonds. The number of amides is 1. The molecule has 0 spiro atoms. The van der Waals surface area contributed by atoms with Crippen LogP contribution in [-0.4, -0.2) is 24.7 Å². The third-order valence-corrected chi connectivity index (χ3v) is 6.54. The number of anilines is 2. The Morgan fingerprint density at radius 1 is 1.09 bits per heavy atom. The van der Waals surface area contributed by atoms with Crippen LogP contribution in [0.3, 0.4) is 0 Å². The van der Waals surface area contributed by atoms with Gasteiger partial charge in [0.15, 0.2) is 0 Å². The van der Waals surface area contributed by atoms with E-state index < -0.39 is 6.10 Å². The van der Waals surface area contributed by atoms with Crippen molar-refractivity contribution in [2.45, 2.75) is 19.1 Å². The zero-order valence-electron chi connectivity index (χ0n) is 18.4. The van der Waals surface area contributed by atoms with E-state index in [0.29, 0.717) is 35.8 Å². The van der Waals surface area contributed by atoms with Crippen LogP contribution < -0.4 is 21.1 Å². The number of carbonyl (C=O) groups excluding carboxylic acids is 1. The molecule has 0 aliphatic rings. The number of ether oxygens (including phenoxy) is 1. The van der Waals surface area contributed by atoms with E-state index in [2.05, 4.69) is 22.8 Å². The molecule has 0 aliphatic carbocycles. The smallest absolute Gasteiger partial charge is 0.265 e. The quantitative estimate of drug-likeness (QED) is 0.209. The molecule has 4 rings (SSSR count). The number of nitrogen functional groups attached to an aromatic ring is 1. The van der Waals surface area contributed by atoms with Gasteiger partial charge in [0.05, 0.1) is 29.5 Å². The zero-order valence-corrected chi connectivity index (χ0v) is 19.2. The standard InChI is InChI=1S/C26H27N3O3S/c1-32-20-10-8-18(9-11-20)23(30)12-13-28-16-17-6-7-19-15-25(33-24(19)14-17)26(31)29-22-5-3-2-4-21(22)27/h2-11,14-15,23,28,30H,12-13,16,27H2,1H3,(H,29,31). The second-order valence-electron chi connectivity index (χ2n) is 7.78. The molecule has 0 saturated carbocycles. The highest BCUT2D eigenvalue weighted by Crippen LogP contribution is 2.28. The summed E-state index contributed by atoms with van der Waals surface area (Å²) in [6, 6.07) is 22.8. The van der Waals surface area contributed by atoms with Gasteiger partial charge in [0.2, 0.25) is 0 Å². The first-order valence-corrected chi connectivity index (χ1v) is 11.6. The molecule has 1 unspecified atom stereocenters. The zero-order chi connectivity index (χ0) is 23.2. The summed E-state index contributed by atoms with van der Waals surface area (Å²) >= 11 is 1.46. The fraction of sp³-hybridized carbons (Fsp3) is 0.192. The molecule has 0 fully saturated rings. The van der Waals surface area contributed by atoms with Gasteiger partial charge in [0, 0.05) is 11.2 Å². The van der Waals surface area contributed by atoms with E-state index in [0.717, 1.165) is 27.0 Å². The van der Waals surface area contributed by atoms with Gasteiger partial charge in [0.25, 0.3) is 5.91 Å². The monoisotopic (exact) mass is 461 g/mol. The molecule has 0 aliphatic heterocycles. The van der Waals surface area contributed by atoms with Crippen molar-refractivity contribution in [3.63, 3.8) is 0 Å². The summed E-state index contributed by atoms with van der Waals surface area (Å²) in [4.78, 5) is 13.3. The molecule has 33 heavy (non-hydrogen) atoms. The molecule has 4 aromatic rings. The van der Waals surface area contributed by atoms with Gasteiger partial charge in [-0.3, -0.25) is 4.79 Å². The number of nitrogens with two attached hydrogens (primary N) is 1. The maximum atomic E-state index is 12.6. The fourth-order valence-corrected chi connectivity index (χ4v) is 4.58. The maximum absolute atomic E-state index is 12.6. The van der Waals surface area contributed by atoms with Crippen molar-refractivity contribution in [2.24, 2.45) is 0 Å². The lowest BCUT2D eigenvalue weighted by atomic mass is 10.1. The number of rotatable bonds is 9. The van der Waals surface area contributed by atoms with E-state index in [4.69, 9.17) is 10.5 Å². The molecule has 5 N–H and O–H groups in total. The van der Waals surface area contributed by atoms with Crippen LogP contribution in [0.1, 0.15) is 33.3 Å². The van der Waals surface area contributed by atoms with Crippen LogP contribution in [0.25, 0.3) is 10.1 Å². The van der Waals surface area contributed by atoms with Gasteiger partial charge in [0.1, 0.15) is 5.75 Å². The van der Waals surface area contributed by atoms with E-state index >= 15 is 0 Å². The summed E-state index contributed by atoms with van der Waals surface area (Å²) in [6.45, 7) is 1.37. The minimum absolute atomic E-state index is 0.165. The van der Waals surface area contributed by atoms with Crippen molar-refractivity contribution in [1.29, 1.82) is 0 Å². The summed E-state index contributed by atoms with van der Waals surface area (Å²) in [5.74, 6) is 0.610. The predicted octanol–water partition coefficient (Wildman–Crippen LogP) is 4.96. The van der Waals surface area contributed by atoms with Crippen molar-refractivity contribution in [3.8, 4) is 5.75 Å². The van der Waals surface area contributed by atoms with E-state index in [1.54, 1.807) is 19.2 Å². The number of aliphatic hydroxyl groups excluding tert-OH is 1. The van der Waals surface area contributed by atoms with Gasteiger partial charge in [-0.05, 0) is 65.9 Å². The Hall–Kier alpha value is -3.39. The molecule has 0 radical (unpaired) electrons. The number of nitrogens with one attached hydrogen (secondary N) is 2. The molecular weight excluding hydrogens is 434 g/mol. The highest BCUT2D eigenvalue weighted by Gasteiger charge is 2.12. The number of aliphatic hydroxyl groups is 1. The third kappa shape index (κ3) is 5.70. The molecule has 7 heteroatoms. The number of carbonyl (C=O) groups is 1. The number of hydrogen-bond donors (Lipinski definition) is 4. The fourth-order valence-electron chi connectivity index (χ4n) is 3.56. The lowest BCUT2D eigenvalue weighted by Crippen LogP contribution is -2.17. The summed E-state index contributed by atoms with van der Waals surface area (Å²) < 4.78 is 6.21. The van der Waals surface area contributed by atoms with Crippen LogP contribution in [0.5, 0.6) is 5.75 Å². The highest BCUT2D eigenvalue weighted by molar-refractivity contribution is 7.20. The molecule has 1 heterocycles. The molecule has 6 nitrogen and oxygen atoms in total. The number of para-hydroxylation sites is 2. The summed E-state index contributed by atoms with van der Waals surface area (Å²) in [5.41, 5.74) is 9.08. The van der Waals surface area contributed by atoms with Crippen molar-refractivity contribution < 1.29 is 14.6 Å². The first-order chi connectivity index (χ1) is 16.0. The Morgan fingerprint density at radius 2 is 1.88 bits per heavy atom. The van der Waals surface area contributed by atoms with Crippen molar-refractivity contribution in [1.82, 2.24) is 5.32 Å². The molecule has 3 aromatic carbocycles. The van der Waals surface area contributed by atoms with Gasteiger partial charge >= 0.3 is 0 Å². The lowest BCUT2D eigenvalue weighted by Gasteiger charge is -2.12. The number of methoxy groups -OCH3 is 1. The van der Waals surface area contributed by atoms with Crippen LogP contribution in [0.2, 0.25) is 0 Å². The summed E-state index contributed by atoms with van der Waals surface area (Å²) in [7, 11) is 1.62. The summed E-state index contributed by atoms with van der Waals surface area (Å²) in [6.07, 6.45) is 0.0865. The average molecular weight is 462 g/mol. The number of fused-ring (bicyclic) bond motifs is 1. The van der Waals surface area contributed by atoms with Gasteiger partial charge in [-0.25, -0.2) is 0 Å². The predicted molar refractivity (Wildman–Crippen MR) is 135 cm³/mol. The third-order valence-electron chi connectivity index (χ3n) is 5.44. The van der Waals surface area contributed by atoms with Crippen LogP contribution in [-0.2, 0) is 6.54 Å². The first-order valence-electron chi connectivity index (χ1n) is 10.7. The minimum atomic E-state index is -0.525. The average Bonchev–Trinajstić information content (AvgIpc) is 3.27. The number of thiophene rings is 1. The van der Waals surface area contributed by atoms with Gasteiger partial charge in [-0.15, -0.1) is 11.3 Å². The van der Waals surface area contributed by atoms with E-state index in [-0.39, 0.29) is 5.91 Å². The van der Waals surface area contributed by atoms with Gasteiger partial charge < -0.3 is 26.2 Å². The second kappa shape index (κ2) is 10.5. The Morgan fingerprint density at radius 3 is 2.64 bits per heavy atom. The van der Waals surface area contributed by atoms with Crippen LogP contribution >= 0.6 is 11.3 Å². The molecule has 0 bridgehead atoms. The molecular formula is C26H27N3O3S. The summed E-state index contributed by atoms with van der Waals surface area (Å²) in [5, 5.41) is 17.7. The Balaban J connectivity index is 1.31. The van der Waals surface area contributed by atoms with Gasteiger partial charge in [-0.2, -0.15) is 0 Å². The Kier molecular flexibility index (Phi) is 7.24. The van der Waals surface area contributed by atoms with E-state index in [1.165, 1.54) is 11.3 Å². The number of hydrogen-bond acceptors (Lipinski definition) is 6. The van der Waals surface area contributed by atoms with E-state index in [1.807, 2.05) is 48.5 Å². The molecule has 1 aromatic heterocycles. The largest absolute Gasteiger partial charge is 0.497 e. The van der Waals surface area contributed by atoms with Gasteiger partial charge in [-0.1, -0.05) is 36.4 Å². The SMILES string of the molecule is COc1ccc(C(O)CCNCc2ccc3cc(C(=O)Nc4ccccc4N)sc3c2)cc1. The first kappa shape index (κ1) is 22.8. The van der Waals surface area contributed by atoms with Crippen molar-refractivity contribution in [2.75, 3.05) is 24.7 Å². The molecule has 170 valence electrons. The van der Waals surface area contributed by atoms with Crippen LogP contribution in [0, 0.1) is 0 Å². The maximum Gasteiger partial charge on any atom is 0.265 e. The van der Waals surface area contributed by atoms with Crippen LogP contribution in [0.15, 0.2) is 72.8 Å². The van der Waals surface area contributed by atoms with E-state index in [9.17, 15) is 9.90 Å². The Bertz CT molecular complexity index is 1240. The normalized spacial score (nSPS) is 11.9. The molecule has 1 atom stereocenters. The number of benzene rings is 3. The minimum Gasteiger partial charge on any atom is -0.497 e. The van der Waals surface area contributed by atoms with Crippen LogP contribution in [0.4, 0.5) is 11.4 Å². The van der Waals surface area contributed by atoms with Crippen molar-refractivity contribution >= 4 is 38.7 Å². The van der Waals surface area contributed by atoms with Crippen molar-refractivity contribution in [3.05, 3.63) is 88.8 Å². The second-order valence-corrected chi connectivity index (χ2v) is 8.86. The lowest BCUT2D eigenvalue weighted by molar-refractivity contribution is 0.103. The highest BCUT2D eigenvalue weighted by atomic mass is 32.1. The Labute approximate surface area is 197 Å².